The Labute approximate surface area is 123 Å². The highest BCUT2D eigenvalue weighted by Gasteiger charge is 2.10. The fourth-order valence-corrected chi connectivity index (χ4v) is 2.24. The Morgan fingerprint density at radius 3 is 2.80 bits per heavy atom. The SMILES string of the molecule is CCCNC(C)Cc1ccc(-c2ccc(F)c(Cl)c2)o1. The summed E-state index contributed by atoms with van der Waals surface area (Å²) >= 11 is 5.79. The number of hydrogen-bond acceptors (Lipinski definition) is 2. The summed E-state index contributed by atoms with van der Waals surface area (Å²) < 4.78 is 18.9. The molecule has 2 rings (SSSR count). The second kappa shape index (κ2) is 6.91. The van der Waals surface area contributed by atoms with Crippen molar-refractivity contribution in [3.05, 3.63) is 46.9 Å². The molecule has 1 heterocycles. The molecule has 0 fully saturated rings. The fraction of sp³-hybridized carbons (Fsp3) is 0.375. The smallest absolute Gasteiger partial charge is 0.141 e. The van der Waals surface area contributed by atoms with Crippen LogP contribution >= 0.6 is 11.6 Å². The van der Waals surface area contributed by atoms with E-state index in [1.807, 2.05) is 12.1 Å². The maximum absolute atomic E-state index is 13.1. The van der Waals surface area contributed by atoms with Crippen LogP contribution in [0.5, 0.6) is 0 Å². The van der Waals surface area contributed by atoms with Gasteiger partial charge in [-0.1, -0.05) is 18.5 Å². The zero-order chi connectivity index (χ0) is 14.5. The second-order valence-electron chi connectivity index (χ2n) is 4.95. The Bertz CT molecular complexity index is 567. The predicted molar refractivity (Wildman–Crippen MR) is 80.6 cm³/mol. The number of furan rings is 1. The highest BCUT2D eigenvalue weighted by molar-refractivity contribution is 6.31. The molecule has 0 aliphatic rings. The van der Waals surface area contributed by atoms with Crippen molar-refractivity contribution >= 4 is 11.6 Å². The van der Waals surface area contributed by atoms with Crippen LogP contribution in [-0.4, -0.2) is 12.6 Å². The van der Waals surface area contributed by atoms with Gasteiger partial charge in [0.25, 0.3) is 0 Å². The van der Waals surface area contributed by atoms with Crippen LogP contribution in [0.3, 0.4) is 0 Å². The third-order valence-corrected chi connectivity index (χ3v) is 3.41. The van der Waals surface area contributed by atoms with Crippen molar-refractivity contribution < 1.29 is 8.81 Å². The molecule has 1 aromatic heterocycles. The molecule has 108 valence electrons. The summed E-state index contributed by atoms with van der Waals surface area (Å²) in [7, 11) is 0. The average molecular weight is 296 g/mol. The van der Waals surface area contributed by atoms with Crippen molar-refractivity contribution in [1.29, 1.82) is 0 Å². The van der Waals surface area contributed by atoms with Crippen molar-refractivity contribution in [3.8, 4) is 11.3 Å². The minimum Gasteiger partial charge on any atom is -0.461 e. The van der Waals surface area contributed by atoms with Crippen LogP contribution in [0.15, 0.2) is 34.7 Å². The Hall–Kier alpha value is -1.32. The number of nitrogens with one attached hydrogen (secondary N) is 1. The van der Waals surface area contributed by atoms with Gasteiger partial charge in [-0.25, -0.2) is 4.39 Å². The lowest BCUT2D eigenvalue weighted by molar-refractivity contribution is 0.464. The van der Waals surface area contributed by atoms with E-state index in [1.54, 1.807) is 12.1 Å². The zero-order valence-corrected chi connectivity index (χ0v) is 12.5. The molecule has 1 unspecified atom stereocenters. The Morgan fingerprint density at radius 1 is 1.30 bits per heavy atom. The van der Waals surface area contributed by atoms with Crippen molar-refractivity contribution in [2.75, 3.05) is 6.54 Å². The first-order chi connectivity index (χ1) is 9.60. The lowest BCUT2D eigenvalue weighted by Crippen LogP contribution is -2.28. The summed E-state index contributed by atoms with van der Waals surface area (Å²) in [6, 6.07) is 8.82. The van der Waals surface area contributed by atoms with Gasteiger partial charge in [-0.2, -0.15) is 0 Å². The van der Waals surface area contributed by atoms with Crippen LogP contribution in [-0.2, 0) is 6.42 Å². The molecule has 0 amide bonds. The molecule has 20 heavy (non-hydrogen) atoms. The van der Waals surface area contributed by atoms with E-state index in [1.165, 1.54) is 6.07 Å². The van der Waals surface area contributed by atoms with Gasteiger partial charge in [0.1, 0.15) is 17.3 Å². The zero-order valence-electron chi connectivity index (χ0n) is 11.7. The molecule has 2 nitrogen and oxygen atoms in total. The molecule has 1 atom stereocenters. The van der Waals surface area contributed by atoms with Crippen LogP contribution < -0.4 is 5.32 Å². The van der Waals surface area contributed by atoms with Crippen molar-refractivity contribution in [2.24, 2.45) is 0 Å². The predicted octanol–water partition coefficient (Wildman–Crippen LogP) is 4.67. The molecule has 0 saturated heterocycles. The monoisotopic (exact) mass is 295 g/mol. The van der Waals surface area contributed by atoms with Crippen LogP contribution in [0, 0.1) is 5.82 Å². The molecule has 0 spiro atoms. The van der Waals surface area contributed by atoms with Crippen LogP contribution in [0.2, 0.25) is 5.02 Å². The standard InChI is InChI=1S/C16H19ClFNO/c1-3-8-19-11(2)9-13-5-7-16(20-13)12-4-6-15(18)14(17)10-12/h4-7,10-11,19H,3,8-9H2,1-2H3. The van der Waals surface area contributed by atoms with Crippen molar-refractivity contribution in [1.82, 2.24) is 5.32 Å². The van der Waals surface area contributed by atoms with E-state index in [-0.39, 0.29) is 5.02 Å². The van der Waals surface area contributed by atoms with Gasteiger partial charge in [0, 0.05) is 18.0 Å². The number of halogens is 2. The molecule has 0 bridgehead atoms. The first kappa shape index (κ1) is 15.1. The molecule has 1 N–H and O–H groups in total. The molecule has 2 aromatic rings. The quantitative estimate of drug-likeness (QED) is 0.838. The number of hydrogen-bond donors (Lipinski definition) is 1. The largest absolute Gasteiger partial charge is 0.461 e. The van der Waals surface area contributed by atoms with Gasteiger partial charge in [0.05, 0.1) is 5.02 Å². The highest BCUT2D eigenvalue weighted by Crippen LogP contribution is 2.26. The third-order valence-electron chi connectivity index (χ3n) is 3.12. The highest BCUT2D eigenvalue weighted by atomic mass is 35.5. The first-order valence-electron chi connectivity index (χ1n) is 6.87. The van der Waals surface area contributed by atoms with Gasteiger partial charge in [-0.15, -0.1) is 0 Å². The van der Waals surface area contributed by atoms with Crippen LogP contribution in [0.25, 0.3) is 11.3 Å². The van der Waals surface area contributed by atoms with Gasteiger partial charge in [0.15, 0.2) is 0 Å². The van der Waals surface area contributed by atoms with Gasteiger partial charge >= 0.3 is 0 Å². The van der Waals surface area contributed by atoms with E-state index >= 15 is 0 Å². The lowest BCUT2D eigenvalue weighted by atomic mass is 10.1. The van der Waals surface area contributed by atoms with Gasteiger partial charge < -0.3 is 9.73 Å². The van der Waals surface area contributed by atoms with Gasteiger partial charge in [-0.05, 0) is 50.2 Å². The lowest BCUT2D eigenvalue weighted by Gasteiger charge is -2.10. The molecular formula is C16H19ClFNO. The van der Waals surface area contributed by atoms with Crippen LogP contribution in [0.1, 0.15) is 26.0 Å². The molecule has 0 aliphatic carbocycles. The summed E-state index contributed by atoms with van der Waals surface area (Å²) in [4.78, 5) is 0. The summed E-state index contributed by atoms with van der Waals surface area (Å²) in [5.41, 5.74) is 0.789. The third kappa shape index (κ3) is 3.84. The maximum Gasteiger partial charge on any atom is 0.141 e. The number of rotatable bonds is 6. The second-order valence-corrected chi connectivity index (χ2v) is 5.36. The van der Waals surface area contributed by atoms with Gasteiger partial charge in [-0.3, -0.25) is 0 Å². The van der Waals surface area contributed by atoms with Gasteiger partial charge in [0.2, 0.25) is 0 Å². The topological polar surface area (TPSA) is 25.2 Å². The maximum atomic E-state index is 13.1. The molecular weight excluding hydrogens is 277 g/mol. The molecule has 1 aromatic carbocycles. The van der Waals surface area contributed by atoms with E-state index in [0.717, 1.165) is 30.7 Å². The minimum atomic E-state index is -0.417. The molecule has 0 aliphatic heterocycles. The Balaban J connectivity index is 2.06. The average Bonchev–Trinajstić information content (AvgIpc) is 2.88. The summed E-state index contributed by atoms with van der Waals surface area (Å²) in [6.45, 7) is 5.28. The van der Waals surface area contributed by atoms with E-state index < -0.39 is 5.82 Å². The normalized spacial score (nSPS) is 12.6. The molecule has 0 saturated carbocycles. The van der Waals surface area contributed by atoms with E-state index in [4.69, 9.17) is 16.0 Å². The van der Waals surface area contributed by atoms with E-state index in [0.29, 0.717) is 11.8 Å². The summed E-state index contributed by atoms with van der Waals surface area (Å²) in [6.07, 6.45) is 1.94. The van der Waals surface area contributed by atoms with Crippen LogP contribution in [0.4, 0.5) is 4.39 Å². The van der Waals surface area contributed by atoms with E-state index in [9.17, 15) is 4.39 Å². The minimum absolute atomic E-state index is 0.110. The van der Waals surface area contributed by atoms with Crippen molar-refractivity contribution in [2.45, 2.75) is 32.7 Å². The molecule has 4 heteroatoms. The first-order valence-corrected chi connectivity index (χ1v) is 7.25. The summed E-state index contributed by atoms with van der Waals surface area (Å²) in [5.74, 6) is 1.21. The molecule has 0 radical (unpaired) electrons. The van der Waals surface area contributed by atoms with E-state index in [2.05, 4.69) is 19.2 Å². The fourth-order valence-electron chi connectivity index (χ4n) is 2.06. The Kier molecular flexibility index (Phi) is 5.21. The van der Waals surface area contributed by atoms with Crippen molar-refractivity contribution in [3.63, 3.8) is 0 Å². The number of benzene rings is 1. The Morgan fingerprint density at radius 2 is 2.10 bits per heavy atom. The summed E-state index contributed by atoms with van der Waals surface area (Å²) in [5, 5.41) is 3.53.